The van der Waals surface area contributed by atoms with Gasteiger partial charge in [0.25, 0.3) is 5.91 Å². The highest BCUT2D eigenvalue weighted by molar-refractivity contribution is 9.10. The Morgan fingerprint density at radius 1 is 1.19 bits per heavy atom. The lowest BCUT2D eigenvalue weighted by atomic mass is 9.95. The van der Waals surface area contributed by atoms with Crippen molar-refractivity contribution >= 4 is 44.1 Å². The molecule has 168 valence electrons. The lowest BCUT2D eigenvalue weighted by Gasteiger charge is -2.12. The van der Waals surface area contributed by atoms with E-state index in [2.05, 4.69) is 26.3 Å². The summed E-state index contributed by atoms with van der Waals surface area (Å²) in [4.78, 5) is 26.7. The first-order chi connectivity index (χ1) is 15.5. The maximum absolute atomic E-state index is 12.9. The highest BCUT2D eigenvalue weighted by atomic mass is 79.9. The van der Waals surface area contributed by atoms with Crippen molar-refractivity contribution in [1.29, 1.82) is 0 Å². The molecule has 0 saturated carbocycles. The van der Waals surface area contributed by atoms with Gasteiger partial charge in [-0.1, -0.05) is 22.9 Å². The number of esters is 1. The van der Waals surface area contributed by atoms with E-state index in [0.717, 1.165) is 47.0 Å². The van der Waals surface area contributed by atoms with Gasteiger partial charge < -0.3 is 14.8 Å². The Labute approximate surface area is 198 Å². The molecule has 0 fully saturated rings. The Bertz CT molecular complexity index is 1110. The molecular weight excluding hydrogens is 494 g/mol. The van der Waals surface area contributed by atoms with E-state index in [1.54, 1.807) is 16.9 Å². The highest BCUT2D eigenvalue weighted by Crippen LogP contribution is 2.38. The van der Waals surface area contributed by atoms with E-state index in [9.17, 15) is 9.59 Å². The number of anilines is 1. The molecule has 1 aromatic carbocycles. The minimum absolute atomic E-state index is 0.177. The van der Waals surface area contributed by atoms with Gasteiger partial charge in [-0.05, 0) is 68.0 Å². The number of aromatic nitrogens is 2. The van der Waals surface area contributed by atoms with E-state index < -0.39 is 0 Å². The Balaban J connectivity index is 1.46. The molecule has 0 saturated heterocycles. The third-order valence-electron chi connectivity index (χ3n) is 5.09. The average Bonchev–Trinajstić information content (AvgIpc) is 3.41. The second-order valence-corrected chi connectivity index (χ2v) is 9.49. The van der Waals surface area contributed by atoms with Crippen molar-refractivity contribution in [2.75, 3.05) is 11.9 Å². The lowest BCUT2D eigenvalue weighted by molar-refractivity contribution is 0.0505. The van der Waals surface area contributed by atoms with Gasteiger partial charge >= 0.3 is 5.97 Å². The summed E-state index contributed by atoms with van der Waals surface area (Å²) in [5, 5.41) is 7.74. The Hall–Kier alpha value is -2.65. The number of ether oxygens (including phenoxy) is 2. The number of carbonyl (C=O) groups excluding carboxylic acids is 2. The monoisotopic (exact) mass is 517 g/mol. The van der Waals surface area contributed by atoms with Crippen LogP contribution in [0, 0.1) is 0 Å². The first-order valence-electron chi connectivity index (χ1n) is 10.6. The minimum Gasteiger partial charge on any atom is -0.471 e. The van der Waals surface area contributed by atoms with Gasteiger partial charge in [0.05, 0.1) is 12.2 Å². The fraction of sp³-hybridized carbons (Fsp3) is 0.348. The second-order valence-electron chi connectivity index (χ2n) is 7.47. The number of rotatable bonds is 8. The molecule has 4 rings (SSSR count). The number of amides is 1. The Morgan fingerprint density at radius 2 is 1.97 bits per heavy atom. The number of nitrogens with one attached hydrogen (secondary N) is 1. The Morgan fingerprint density at radius 3 is 2.75 bits per heavy atom. The van der Waals surface area contributed by atoms with Crippen molar-refractivity contribution in [3.8, 4) is 5.75 Å². The summed E-state index contributed by atoms with van der Waals surface area (Å²) in [5.74, 6) is -0.0281. The molecule has 1 amide bonds. The molecule has 0 aliphatic heterocycles. The third-order valence-corrected chi connectivity index (χ3v) is 6.83. The van der Waals surface area contributed by atoms with Gasteiger partial charge in [-0.15, -0.1) is 11.3 Å². The van der Waals surface area contributed by atoms with E-state index >= 15 is 0 Å². The van der Waals surface area contributed by atoms with Crippen LogP contribution in [0.2, 0.25) is 0 Å². The lowest BCUT2D eigenvalue weighted by Crippen LogP contribution is -2.17. The SMILES string of the molecule is CCCOC(=O)c1c(NC(=O)c2ccn(COc3ccc(Br)cc3)n2)sc2c1CCCC2. The summed E-state index contributed by atoms with van der Waals surface area (Å²) in [6, 6.07) is 9.10. The normalized spacial score (nSPS) is 12.8. The first kappa shape index (κ1) is 22.5. The number of aryl methyl sites for hydroxylation is 1. The van der Waals surface area contributed by atoms with Gasteiger partial charge in [-0.3, -0.25) is 4.79 Å². The van der Waals surface area contributed by atoms with Crippen molar-refractivity contribution in [2.45, 2.75) is 45.8 Å². The smallest absolute Gasteiger partial charge is 0.341 e. The number of benzene rings is 1. The van der Waals surface area contributed by atoms with Gasteiger partial charge in [0, 0.05) is 15.5 Å². The molecule has 7 nitrogen and oxygen atoms in total. The summed E-state index contributed by atoms with van der Waals surface area (Å²) in [5.41, 5.74) is 1.78. The van der Waals surface area contributed by atoms with E-state index in [1.165, 1.54) is 11.3 Å². The summed E-state index contributed by atoms with van der Waals surface area (Å²) in [6.45, 7) is 2.49. The van der Waals surface area contributed by atoms with Crippen molar-refractivity contribution < 1.29 is 19.1 Å². The second kappa shape index (κ2) is 10.3. The van der Waals surface area contributed by atoms with Crippen LogP contribution in [-0.4, -0.2) is 28.3 Å². The number of thiophene rings is 1. The maximum atomic E-state index is 12.9. The van der Waals surface area contributed by atoms with Crippen molar-refractivity contribution in [3.05, 3.63) is 62.7 Å². The molecule has 1 N–H and O–H groups in total. The molecule has 1 aliphatic carbocycles. The van der Waals surface area contributed by atoms with Crippen LogP contribution in [0.3, 0.4) is 0 Å². The fourth-order valence-electron chi connectivity index (χ4n) is 3.53. The zero-order valence-electron chi connectivity index (χ0n) is 17.7. The summed E-state index contributed by atoms with van der Waals surface area (Å²) in [6.07, 6.45) is 6.32. The number of halogens is 1. The zero-order valence-corrected chi connectivity index (χ0v) is 20.1. The Kier molecular flexibility index (Phi) is 7.26. The highest BCUT2D eigenvalue weighted by Gasteiger charge is 2.27. The third kappa shape index (κ3) is 5.21. The van der Waals surface area contributed by atoms with Crippen LogP contribution in [0.4, 0.5) is 5.00 Å². The first-order valence-corrected chi connectivity index (χ1v) is 12.2. The summed E-state index contributed by atoms with van der Waals surface area (Å²) >= 11 is 4.85. The van der Waals surface area contributed by atoms with Gasteiger partial charge in [0.1, 0.15) is 10.8 Å². The van der Waals surface area contributed by atoms with E-state index in [1.807, 2.05) is 31.2 Å². The van der Waals surface area contributed by atoms with Gasteiger partial charge in [-0.2, -0.15) is 5.10 Å². The van der Waals surface area contributed by atoms with Crippen LogP contribution >= 0.6 is 27.3 Å². The summed E-state index contributed by atoms with van der Waals surface area (Å²) < 4.78 is 13.6. The maximum Gasteiger partial charge on any atom is 0.341 e. The predicted octanol–water partition coefficient (Wildman–Crippen LogP) is 5.44. The fourth-order valence-corrected chi connectivity index (χ4v) is 5.07. The molecule has 2 aromatic heterocycles. The largest absolute Gasteiger partial charge is 0.471 e. The molecule has 0 unspecified atom stereocenters. The molecule has 0 bridgehead atoms. The van der Waals surface area contributed by atoms with Crippen molar-refractivity contribution in [3.63, 3.8) is 0 Å². The molecule has 0 spiro atoms. The molecule has 0 atom stereocenters. The van der Waals surface area contributed by atoms with Crippen LogP contribution in [0.1, 0.15) is 57.5 Å². The van der Waals surface area contributed by atoms with Crippen molar-refractivity contribution in [1.82, 2.24) is 9.78 Å². The molecule has 3 aromatic rings. The van der Waals surface area contributed by atoms with Crippen LogP contribution in [-0.2, 0) is 24.3 Å². The number of fused-ring (bicyclic) bond motifs is 1. The van der Waals surface area contributed by atoms with E-state index in [4.69, 9.17) is 9.47 Å². The minimum atomic E-state index is -0.366. The van der Waals surface area contributed by atoms with Crippen LogP contribution in [0.5, 0.6) is 5.75 Å². The number of hydrogen-bond acceptors (Lipinski definition) is 6. The molecular formula is C23H24BrN3O4S. The topological polar surface area (TPSA) is 82.5 Å². The van der Waals surface area contributed by atoms with Crippen LogP contribution in [0.25, 0.3) is 0 Å². The quantitative estimate of drug-likeness (QED) is 0.402. The average molecular weight is 518 g/mol. The van der Waals surface area contributed by atoms with Crippen LogP contribution < -0.4 is 10.1 Å². The van der Waals surface area contributed by atoms with Crippen LogP contribution in [0.15, 0.2) is 41.0 Å². The molecule has 9 heteroatoms. The van der Waals surface area contributed by atoms with Gasteiger partial charge in [0.2, 0.25) is 0 Å². The van der Waals surface area contributed by atoms with Crippen molar-refractivity contribution in [2.24, 2.45) is 0 Å². The molecule has 2 heterocycles. The molecule has 1 aliphatic rings. The molecule has 32 heavy (non-hydrogen) atoms. The van der Waals surface area contributed by atoms with Gasteiger partial charge in [0.15, 0.2) is 12.4 Å². The zero-order chi connectivity index (χ0) is 22.5. The van der Waals surface area contributed by atoms with E-state index in [0.29, 0.717) is 22.9 Å². The molecule has 0 radical (unpaired) electrons. The number of carbonyl (C=O) groups is 2. The predicted molar refractivity (Wildman–Crippen MR) is 126 cm³/mol. The number of nitrogens with zero attached hydrogens (tertiary/aromatic N) is 2. The van der Waals surface area contributed by atoms with Gasteiger partial charge in [-0.25, -0.2) is 9.48 Å². The number of hydrogen-bond donors (Lipinski definition) is 1. The van der Waals surface area contributed by atoms with E-state index in [-0.39, 0.29) is 24.3 Å². The standard InChI is InChI=1S/C23H24BrN3O4S/c1-2-13-30-23(29)20-17-5-3-4-6-19(17)32-22(20)25-21(28)18-11-12-27(26-18)14-31-16-9-7-15(24)8-10-16/h7-12H,2-6,13-14H2,1H3,(H,25,28). The summed E-state index contributed by atoms with van der Waals surface area (Å²) in [7, 11) is 0.